The number of carbonyl (C=O) groups is 4. The molecule has 8 nitrogen and oxygen atoms in total. The topological polar surface area (TPSA) is 149 Å². The second-order valence-corrected chi connectivity index (χ2v) is 11.6. The van der Waals surface area contributed by atoms with Crippen molar-refractivity contribution < 1.29 is 39.6 Å². The van der Waals surface area contributed by atoms with Crippen molar-refractivity contribution in [3.8, 4) is 0 Å². The third-order valence-electron chi connectivity index (χ3n) is 8.03. The number of Topliss-reactive ketones (excluding diaryl/α,β-unsaturated/α-hetero) is 1. The molecule has 0 aliphatic rings. The number of hydrogen-bond acceptors (Lipinski definition) is 5. The molecule has 0 amide bonds. The van der Waals surface area contributed by atoms with Gasteiger partial charge in [-0.2, -0.15) is 0 Å². The molecule has 0 aromatic carbocycles. The molecule has 0 rings (SSSR count). The van der Waals surface area contributed by atoms with Gasteiger partial charge in [-0.15, -0.1) is 0 Å². The Kier molecular flexibility index (Phi) is 22.6. The molecular weight excluding hydrogens is 512 g/mol. The van der Waals surface area contributed by atoms with Crippen LogP contribution in [-0.2, 0) is 19.2 Å². The number of carboxylic acids is 3. The fourth-order valence-electron chi connectivity index (χ4n) is 5.60. The monoisotopic (exact) mass is 570 g/mol. The van der Waals surface area contributed by atoms with E-state index in [1.54, 1.807) is 0 Å². The highest BCUT2D eigenvalue weighted by Gasteiger charge is 2.54. The number of aliphatic hydroxyl groups is 1. The first-order chi connectivity index (χ1) is 19.1. The van der Waals surface area contributed by atoms with E-state index in [1.807, 2.05) is 0 Å². The molecule has 0 saturated heterocycles. The van der Waals surface area contributed by atoms with Crippen LogP contribution in [0.1, 0.15) is 162 Å². The molecule has 0 radical (unpaired) electrons. The lowest BCUT2D eigenvalue weighted by atomic mass is 9.71. The van der Waals surface area contributed by atoms with Crippen LogP contribution in [0.3, 0.4) is 0 Å². The largest absolute Gasteiger partial charge is 0.481 e. The van der Waals surface area contributed by atoms with Gasteiger partial charge in [-0.05, 0) is 12.8 Å². The molecule has 0 aromatic heterocycles. The van der Waals surface area contributed by atoms with Gasteiger partial charge in [0.1, 0.15) is 11.7 Å². The van der Waals surface area contributed by atoms with Crippen LogP contribution in [0, 0.1) is 11.8 Å². The molecule has 0 fully saturated rings. The van der Waals surface area contributed by atoms with E-state index in [0.717, 1.165) is 51.4 Å². The van der Waals surface area contributed by atoms with Crippen molar-refractivity contribution in [1.29, 1.82) is 0 Å². The Balaban J connectivity index is 4.79. The van der Waals surface area contributed by atoms with Crippen LogP contribution in [0.2, 0.25) is 0 Å². The lowest BCUT2D eigenvalue weighted by molar-refractivity contribution is -0.184. The van der Waals surface area contributed by atoms with Crippen LogP contribution in [0.5, 0.6) is 0 Å². The second-order valence-electron chi connectivity index (χ2n) is 11.6. The molecule has 0 spiro atoms. The first kappa shape index (κ1) is 38.0. The number of ketones is 1. The van der Waals surface area contributed by atoms with E-state index in [1.165, 1.54) is 64.2 Å². The normalized spacial score (nSPS) is 14.4. The highest BCUT2D eigenvalue weighted by atomic mass is 16.4. The van der Waals surface area contributed by atoms with E-state index in [4.69, 9.17) is 0 Å². The standard InChI is InChI=1S/C32H58O8/c1-3-5-7-9-10-11-12-13-14-15-16-17-18-20-21-23-26(27(33)24-22-19-8-6-4-2)29(30(36)37)32(40,31(38)39)25-28(34)35/h26,29,40H,3-25H2,1-2H3,(H,34,35)(H,36,37)(H,38,39). The molecule has 0 heterocycles. The van der Waals surface area contributed by atoms with E-state index in [0.29, 0.717) is 12.8 Å². The summed E-state index contributed by atoms with van der Waals surface area (Å²) in [4.78, 5) is 48.5. The number of carboxylic acid groups (broad SMARTS) is 3. The minimum Gasteiger partial charge on any atom is -0.481 e. The van der Waals surface area contributed by atoms with Gasteiger partial charge >= 0.3 is 17.9 Å². The molecule has 0 aromatic rings. The average molecular weight is 571 g/mol. The van der Waals surface area contributed by atoms with Gasteiger partial charge in [0.15, 0.2) is 5.60 Å². The molecule has 0 aliphatic carbocycles. The molecule has 3 unspecified atom stereocenters. The Hall–Kier alpha value is -1.96. The Morgan fingerprint density at radius 1 is 0.575 bits per heavy atom. The van der Waals surface area contributed by atoms with Crippen LogP contribution in [0.25, 0.3) is 0 Å². The van der Waals surface area contributed by atoms with Crippen LogP contribution >= 0.6 is 0 Å². The minimum absolute atomic E-state index is 0.0969. The molecule has 234 valence electrons. The first-order valence-electron chi connectivity index (χ1n) is 16.0. The third kappa shape index (κ3) is 17.0. The van der Waals surface area contributed by atoms with Gasteiger partial charge in [-0.25, -0.2) is 4.79 Å². The summed E-state index contributed by atoms with van der Waals surface area (Å²) >= 11 is 0. The summed E-state index contributed by atoms with van der Waals surface area (Å²) in [6, 6.07) is 0. The van der Waals surface area contributed by atoms with E-state index in [9.17, 15) is 39.6 Å². The molecule has 8 heteroatoms. The average Bonchev–Trinajstić information content (AvgIpc) is 2.89. The van der Waals surface area contributed by atoms with Crippen molar-refractivity contribution in [3.05, 3.63) is 0 Å². The summed E-state index contributed by atoms with van der Waals surface area (Å²) in [6.45, 7) is 4.31. The summed E-state index contributed by atoms with van der Waals surface area (Å²) in [5.74, 6) is -8.88. The molecular formula is C32H58O8. The summed E-state index contributed by atoms with van der Waals surface area (Å²) in [5, 5.41) is 39.5. The fourth-order valence-corrected chi connectivity index (χ4v) is 5.60. The smallest absolute Gasteiger partial charge is 0.337 e. The minimum atomic E-state index is -3.06. The number of aliphatic carboxylic acids is 3. The number of rotatable bonds is 29. The Labute approximate surface area is 242 Å². The highest BCUT2D eigenvalue weighted by Crippen LogP contribution is 2.34. The zero-order valence-electron chi connectivity index (χ0n) is 25.3. The number of unbranched alkanes of at least 4 members (excludes halogenated alkanes) is 18. The zero-order valence-corrected chi connectivity index (χ0v) is 25.3. The Bertz CT molecular complexity index is 707. The van der Waals surface area contributed by atoms with Crippen molar-refractivity contribution in [2.45, 2.75) is 167 Å². The highest BCUT2D eigenvalue weighted by molar-refractivity contribution is 5.94. The Morgan fingerprint density at radius 2 is 0.950 bits per heavy atom. The predicted molar refractivity (Wildman–Crippen MR) is 157 cm³/mol. The summed E-state index contributed by atoms with van der Waals surface area (Å²) in [5.41, 5.74) is -3.06. The van der Waals surface area contributed by atoms with Gasteiger partial charge < -0.3 is 20.4 Å². The van der Waals surface area contributed by atoms with Crippen LogP contribution in [0.4, 0.5) is 0 Å². The third-order valence-corrected chi connectivity index (χ3v) is 8.03. The number of carbonyl (C=O) groups excluding carboxylic acids is 1. The Morgan fingerprint density at radius 3 is 1.30 bits per heavy atom. The maximum atomic E-state index is 13.1. The van der Waals surface area contributed by atoms with Gasteiger partial charge in [0.25, 0.3) is 0 Å². The van der Waals surface area contributed by atoms with E-state index < -0.39 is 47.5 Å². The molecule has 3 atom stereocenters. The molecule has 40 heavy (non-hydrogen) atoms. The summed E-state index contributed by atoms with van der Waals surface area (Å²) in [6.07, 6.45) is 20.7. The first-order valence-corrected chi connectivity index (χ1v) is 16.0. The van der Waals surface area contributed by atoms with Crippen LogP contribution < -0.4 is 0 Å². The van der Waals surface area contributed by atoms with Gasteiger partial charge in [0.05, 0.1) is 6.42 Å². The SMILES string of the molecule is CCCCCCCCCCCCCCCCCC(C(=O)CCCCCCC)C(C(=O)O)C(O)(CC(=O)O)C(=O)O. The number of hydrogen-bond donors (Lipinski definition) is 4. The van der Waals surface area contributed by atoms with Gasteiger partial charge in [0, 0.05) is 12.3 Å². The lowest BCUT2D eigenvalue weighted by Crippen LogP contribution is -2.55. The maximum Gasteiger partial charge on any atom is 0.337 e. The van der Waals surface area contributed by atoms with Gasteiger partial charge in [0.2, 0.25) is 0 Å². The second kappa shape index (κ2) is 23.7. The predicted octanol–water partition coefficient (Wildman–Crippen LogP) is 7.78. The van der Waals surface area contributed by atoms with E-state index in [-0.39, 0.29) is 12.8 Å². The quantitative estimate of drug-likeness (QED) is 0.0666. The summed E-state index contributed by atoms with van der Waals surface area (Å²) in [7, 11) is 0. The summed E-state index contributed by atoms with van der Waals surface area (Å²) < 4.78 is 0. The fraction of sp³-hybridized carbons (Fsp3) is 0.875. The van der Waals surface area contributed by atoms with Crippen molar-refractivity contribution in [1.82, 2.24) is 0 Å². The van der Waals surface area contributed by atoms with Gasteiger partial charge in [-0.1, -0.05) is 136 Å². The van der Waals surface area contributed by atoms with Crippen molar-refractivity contribution in [2.75, 3.05) is 0 Å². The van der Waals surface area contributed by atoms with E-state index in [2.05, 4.69) is 13.8 Å². The molecule has 0 bridgehead atoms. The zero-order chi connectivity index (χ0) is 30.2. The van der Waals surface area contributed by atoms with Crippen LogP contribution in [0.15, 0.2) is 0 Å². The lowest BCUT2D eigenvalue weighted by Gasteiger charge is -2.33. The maximum absolute atomic E-state index is 13.1. The van der Waals surface area contributed by atoms with Gasteiger partial charge in [-0.3, -0.25) is 14.4 Å². The van der Waals surface area contributed by atoms with E-state index >= 15 is 0 Å². The molecule has 4 N–H and O–H groups in total. The van der Waals surface area contributed by atoms with Crippen molar-refractivity contribution in [2.24, 2.45) is 11.8 Å². The molecule has 0 aliphatic heterocycles. The van der Waals surface area contributed by atoms with Crippen molar-refractivity contribution >= 4 is 23.7 Å². The molecule has 0 saturated carbocycles. The van der Waals surface area contributed by atoms with Crippen molar-refractivity contribution in [3.63, 3.8) is 0 Å². The van der Waals surface area contributed by atoms with Crippen LogP contribution in [-0.4, -0.2) is 49.7 Å².